The van der Waals surface area contributed by atoms with E-state index in [-0.39, 0.29) is 51.4 Å². The van der Waals surface area contributed by atoms with Crippen molar-refractivity contribution < 1.29 is 15.1 Å². The van der Waals surface area contributed by atoms with Crippen molar-refractivity contribution >= 4 is 51.4 Å². The van der Waals surface area contributed by atoms with E-state index in [2.05, 4.69) is 0 Å². The third-order valence-corrected chi connectivity index (χ3v) is 0.720. The molecule has 0 spiro atoms. The van der Waals surface area contributed by atoms with Crippen LogP contribution in [0.2, 0.25) is 0 Å². The molecule has 0 heterocycles. The fourth-order valence-corrected chi connectivity index (χ4v) is 0.191. The van der Waals surface area contributed by atoms with Gasteiger partial charge in [-0.05, 0) is 0 Å². The zero-order valence-electron chi connectivity index (χ0n) is 4.15. The third-order valence-electron chi connectivity index (χ3n) is 0.720. The molecule has 0 aromatic carbocycles. The van der Waals surface area contributed by atoms with Crippen molar-refractivity contribution in [2.75, 3.05) is 13.2 Å². The molecule has 0 aromatic rings. The van der Waals surface area contributed by atoms with E-state index in [1.807, 2.05) is 0 Å². The summed E-state index contributed by atoms with van der Waals surface area (Å²) in [5, 5.41) is 25.8. The van der Waals surface area contributed by atoms with Gasteiger partial charge in [-0.15, -0.1) is 0 Å². The Hall–Kier alpha value is 0.956. The van der Waals surface area contributed by atoms with Gasteiger partial charge in [0.1, 0.15) is 13.2 Å². The van der Waals surface area contributed by atoms with Crippen LogP contribution in [0.3, 0.4) is 0 Å². The first-order valence-corrected chi connectivity index (χ1v) is 2.07. The van der Waals surface area contributed by atoms with Crippen molar-refractivity contribution in [3.05, 3.63) is 10.1 Å². The number of rotatable bonds is 3. The molecule has 50 valence electrons. The van der Waals surface area contributed by atoms with Crippen molar-refractivity contribution in [1.82, 2.24) is 0 Å². The Morgan fingerprint density at radius 1 is 1.44 bits per heavy atom. The van der Waals surface area contributed by atoms with Crippen LogP contribution in [-0.4, -0.2) is 85.8 Å². The molecule has 9 heavy (non-hydrogen) atoms. The van der Waals surface area contributed by atoms with Crippen LogP contribution in [0.4, 0.5) is 0 Å². The summed E-state index contributed by atoms with van der Waals surface area (Å²) >= 11 is 0. The number of aliphatic hydroxyl groups excluding tert-OH is 2. The Morgan fingerprint density at radius 2 is 1.78 bits per heavy atom. The van der Waals surface area contributed by atoms with Gasteiger partial charge in [0, 0.05) is 4.92 Å². The summed E-state index contributed by atoms with van der Waals surface area (Å²) < 4.78 is 0. The fraction of sp³-hybridized carbons (Fsp3) is 1.00. The average Bonchev–Trinajstić information content (AvgIpc) is 1.69. The fourth-order valence-electron chi connectivity index (χ4n) is 0.191. The predicted molar refractivity (Wildman–Crippen MR) is 32.1 cm³/mol. The molecule has 0 rings (SSSR count). The summed E-state index contributed by atoms with van der Waals surface area (Å²) in [7, 11) is 0. The van der Waals surface area contributed by atoms with Gasteiger partial charge in [-0.3, -0.25) is 10.1 Å². The SMILES string of the molecule is O=[N+]([O-])C(CO)CO.[KH]. The summed E-state index contributed by atoms with van der Waals surface area (Å²) in [5.41, 5.74) is 0. The molecule has 0 fully saturated rings. The molecule has 0 unspecified atom stereocenters. The van der Waals surface area contributed by atoms with Gasteiger partial charge in [-0.2, -0.15) is 0 Å². The molecule has 0 saturated carbocycles. The topological polar surface area (TPSA) is 83.6 Å². The van der Waals surface area contributed by atoms with Crippen molar-refractivity contribution in [3.63, 3.8) is 0 Å². The minimum absolute atomic E-state index is 0. The normalized spacial score (nSPS) is 8.78. The van der Waals surface area contributed by atoms with Crippen LogP contribution >= 0.6 is 0 Å². The van der Waals surface area contributed by atoms with Crippen LogP contribution in [0.5, 0.6) is 0 Å². The van der Waals surface area contributed by atoms with E-state index in [9.17, 15) is 10.1 Å². The van der Waals surface area contributed by atoms with E-state index in [1.165, 1.54) is 0 Å². The third kappa shape index (κ3) is 5.40. The summed E-state index contributed by atoms with van der Waals surface area (Å²) in [6, 6.07) is -1.21. The van der Waals surface area contributed by atoms with Crippen LogP contribution in [0.1, 0.15) is 0 Å². The standard InChI is InChI=1S/C3H7NO4.K.H/c5-1-3(2-6)4(7)8;;/h3,5-6H,1-2H2;;. The summed E-state index contributed by atoms with van der Waals surface area (Å²) in [6.07, 6.45) is 0. The van der Waals surface area contributed by atoms with Gasteiger partial charge in [-0.25, -0.2) is 0 Å². The molecule has 0 aliphatic rings. The van der Waals surface area contributed by atoms with Crippen LogP contribution in [0.15, 0.2) is 0 Å². The van der Waals surface area contributed by atoms with E-state index in [1.54, 1.807) is 0 Å². The van der Waals surface area contributed by atoms with Crippen LogP contribution in [0, 0.1) is 10.1 Å². The molecule has 6 heteroatoms. The molecule has 0 aromatic heterocycles. The van der Waals surface area contributed by atoms with E-state index >= 15 is 0 Å². The molecule has 0 radical (unpaired) electrons. The zero-order chi connectivity index (χ0) is 6.57. The number of hydrogen-bond donors (Lipinski definition) is 2. The average molecular weight is 161 g/mol. The Bertz CT molecular complexity index is 83.9. The second-order valence-electron chi connectivity index (χ2n) is 1.30. The van der Waals surface area contributed by atoms with Crippen LogP contribution in [0.25, 0.3) is 0 Å². The maximum atomic E-state index is 9.65. The first kappa shape index (κ1) is 12.6. The Morgan fingerprint density at radius 3 is 1.78 bits per heavy atom. The number of nitrogens with zero attached hydrogens (tertiary/aromatic N) is 1. The molecule has 0 amide bonds. The van der Waals surface area contributed by atoms with Gasteiger partial charge < -0.3 is 10.2 Å². The van der Waals surface area contributed by atoms with Crippen molar-refractivity contribution in [2.24, 2.45) is 0 Å². The first-order valence-electron chi connectivity index (χ1n) is 2.07. The number of aliphatic hydroxyl groups is 2. The zero-order valence-corrected chi connectivity index (χ0v) is 4.15. The van der Waals surface area contributed by atoms with Gasteiger partial charge >= 0.3 is 51.4 Å². The first-order chi connectivity index (χ1) is 3.72. The molecular formula is C3H8KNO4. The molecule has 0 saturated heterocycles. The Labute approximate surface area is 94.6 Å². The van der Waals surface area contributed by atoms with Crippen molar-refractivity contribution in [2.45, 2.75) is 6.04 Å². The molecule has 0 aliphatic heterocycles. The summed E-state index contributed by atoms with van der Waals surface area (Å²) in [6.45, 7) is -1.22. The summed E-state index contributed by atoms with van der Waals surface area (Å²) in [4.78, 5) is 8.92. The van der Waals surface area contributed by atoms with E-state index < -0.39 is 24.2 Å². The van der Waals surface area contributed by atoms with Gasteiger partial charge in [0.25, 0.3) is 6.04 Å². The van der Waals surface area contributed by atoms with Gasteiger partial charge in [-0.1, -0.05) is 0 Å². The second kappa shape index (κ2) is 7.07. The number of nitro groups is 1. The van der Waals surface area contributed by atoms with Gasteiger partial charge in [0.05, 0.1) is 0 Å². The van der Waals surface area contributed by atoms with Crippen molar-refractivity contribution in [3.8, 4) is 0 Å². The Kier molecular flexibility index (Phi) is 9.91. The quantitative estimate of drug-likeness (QED) is 0.284. The molecule has 0 atom stereocenters. The molecule has 0 bridgehead atoms. The van der Waals surface area contributed by atoms with Crippen molar-refractivity contribution in [1.29, 1.82) is 0 Å². The monoisotopic (exact) mass is 161 g/mol. The molecule has 2 N–H and O–H groups in total. The minimum atomic E-state index is -1.21. The van der Waals surface area contributed by atoms with Gasteiger partial charge in [0.2, 0.25) is 0 Å². The summed E-state index contributed by atoms with van der Waals surface area (Å²) in [5.74, 6) is 0. The van der Waals surface area contributed by atoms with E-state index in [0.717, 1.165) is 0 Å². The van der Waals surface area contributed by atoms with Crippen LogP contribution in [-0.2, 0) is 0 Å². The van der Waals surface area contributed by atoms with Crippen LogP contribution < -0.4 is 0 Å². The molecule has 0 aliphatic carbocycles. The second-order valence-corrected chi connectivity index (χ2v) is 1.30. The number of hydrogen-bond acceptors (Lipinski definition) is 4. The molecular weight excluding hydrogens is 153 g/mol. The van der Waals surface area contributed by atoms with E-state index in [4.69, 9.17) is 10.2 Å². The predicted octanol–water partition coefficient (Wildman–Crippen LogP) is -2.03. The van der Waals surface area contributed by atoms with E-state index in [0.29, 0.717) is 0 Å². The maximum absolute atomic E-state index is 9.65. The Balaban J connectivity index is 0. The van der Waals surface area contributed by atoms with Gasteiger partial charge in [0.15, 0.2) is 0 Å². The molecule has 5 nitrogen and oxygen atoms in total.